The molecule has 0 bridgehead atoms. The zero-order chi connectivity index (χ0) is 10.6. The molecule has 4 N–H and O–H groups in total. The number of hydrogen-bond acceptors (Lipinski definition) is 1. The van der Waals surface area contributed by atoms with Crippen LogP contribution in [-0.2, 0) is 4.79 Å². The first-order valence-electron chi connectivity index (χ1n) is 5.60. The largest absolute Gasteiger partial charge is 0.350 e. The van der Waals surface area contributed by atoms with Crippen LogP contribution in [0.4, 0.5) is 0 Å². The van der Waals surface area contributed by atoms with Gasteiger partial charge < -0.3 is 15.5 Å². The molecule has 1 amide bonds. The summed E-state index contributed by atoms with van der Waals surface area (Å²) in [5.41, 5.74) is 3.63. The van der Waals surface area contributed by atoms with Gasteiger partial charge in [-0.15, -0.1) is 0 Å². The quantitative estimate of drug-likeness (QED) is 0.533. The average Bonchev–Trinajstić information content (AvgIpc) is 2.27. The molecule has 1 fully saturated rings. The molecule has 0 aromatic carbocycles. The summed E-state index contributed by atoms with van der Waals surface area (Å²) in [6.07, 6.45) is 1.22. The van der Waals surface area contributed by atoms with Crippen LogP contribution in [0.2, 0.25) is 0 Å². The number of piperazine rings is 1. The highest BCUT2D eigenvalue weighted by Gasteiger charge is 2.25. The Bertz CT molecular complexity index is 188. The van der Waals surface area contributed by atoms with Crippen LogP contribution in [0.3, 0.4) is 0 Å². The van der Waals surface area contributed by atoms with Gasteiger partial charge in [-0.05, 0) is 13.3 Å². The maximum absolute atomic E-state index is 11.4. The molecule has 1 rings (SSSR count). The van der Waals surface area contributed by atoms with Crippen molar-refractivity contribution in [1.29, 1.82) is 0 Å². The van der Waals surface area contributed by atoms with Crippen LogP contribution in [-0.4, -0.2) is 49.6 Å². The third kappa shape index (κ3) is 2.69. The van der Waals surface area contributed by atoms with Crippen molar-refractivity contribution in [3.63, 3.8) is 0 Å². The van der Waals surface area contributed by atoms with Gasteiger partial charge >= 0.3 is 0 Å². The second kappa shape index (κ2) is 5.32. The molecule has 0 spiro atoms. The van der Waals surface area contributed by atoms with E-state index in [4.69, 9.17) is 0 Å². The first kappa shape index (κ1) is 11.5. The number of nitrogens with zero attached hydrogens (tertiary/aromatic N) is 1. The van der Waals surface area contributed by atoms with Gasteiger partial charge in [-0.25, -0.2) is 0 Å². The Kier molecular flexibility index (Phi) is 4.35. The second-order valence-corrected chi connectivity index (χ2v) is 4.10. The Balaban J connectivity index is 2.34. The van der Waals surface area contributed by atoms with Crippen molar-refractivity contribution < 1.29 is 15.4 Å². The fourth-order valence-electron chi connectivity index (χ4n) is 1.98. The minimum Gasteiger partial charge on any atom is -0.350 e. The normalized spacial score (nSPS) is 20.9. The summed E-state index contributed by atoms with van der Waals surface area (Å²) in [6.45, 7) is 8.93. The Morgan fingerprint density at radius 2 is 2.07 bits per heavy atom. The molecule has 0 saturated carbocycles. The van der Waals surface area contributed by atoms with Crippen molar-refractivity contribution in [3.8, 4) is 0 Å². The number of rotatable bonds is 3. The van der Waals surface area contributed by atoms with Crippen molar-refractivity contribution in [2.24, 2.45) is 0 Å². The van der Waals surface area contributed by atoms with Crippen molar-refractivity contribution >= 4 is 5.91 Å². The van der Waals surface area contributed by atoms with Crippen molar-refractivity contribution in [2.45, 2.75) is 26.3 Å². The van der Waals surface area contributed by atoms with E-state index in [1.54, 1.807) is 4.90 Å². The van der Waals surface area contributed by atoms with Gasteiger partial charge in [0.2, 0.25) is 0 Å². The molecule has 82 valence electrons. The minimum absolute atomic E-state index is 0.202. The van der Waals surface area contributed by atoms with Crippen LogP contribution in [0.15, 0.2) is 0 Å². The van der Waals surface area contributed by atoms with E-state index in [0.29, 0.717) is 6.54 Å². The first-order chi connectivity index (χ1) is 6.69. The standard InChI is InChI=1S/C10H21N3O/c1-3-9(2)12-4-6-13(7-5-12)10(14)8-11/h9H,3-8,11H2,1-2H3/p+2/t9-/m0/s1. The number of carbonyl (C=O) groups is 1. The fraction of sp³-hybridized carbons (Fsp3) is 0.900. The molecule has 4 nitrogen and oxygen atoms in total. The predicted molar refractivity (Wildman–Crippen MR) is 54.8 cm³/mol. The second-order valence-electron chi connectivity index (χ2n) is 4.10. The van der Waals surface area contributed by atoms with E-state index >= 15 is 0 Å². The van der Waals surface area contributed by atoms with E-state index in [0.717, 1.165) is 32.2 Å². The summed E-state index contributed by atoms with van der Waals surface area (Å²) in [7, 11) is 0. The Morgan fingerprint density at radius 3 is 2.50 bits per heavy atom. The zero-order valence-corrected chi connectivity index (χ0v) is 9.38. The summed E-state index contributed by atoms with van der Waals surface area (Å²) in [6, 6.07) is 0.729. The van der Waals surface area contributed by atoms with E-state index < -0.39 is 0 Å². The smallest absolute Gasteiger partial charge is 0.278 e. The maximum atomic E-state index is 11.4. The van der Waals surface area contributed by atoms with Crippen LogP contribution >= 0.6 is 0 Å². The monoisotopic (exact) mass is 201 g/mol. The van der Waals surface area contributed by atoms with Crippen molar-refractivity contribution in [3.05, 3.63) is 0 Å². The summed E-state index contributed by atoms with van der Waals surface area (Å²) in [4.78, 5) is 14.9. The van der Waals surface area contributed by atoms with Gasteiger partial charge in [-0.1, -0.05) is 6.92 Å². The van der Waals surface area contributed by atoms with E-state index in [-0.39, 0.29) is 5.91 Å². The Hall–Kier alpha value is -0.610. The van der Waals surface area contributed by atoms with Gasteiger partial charge in [0, 0.05) is 0 Å². The van der Waals surface area contributed by atoms with E-state index in [1.807, 2.05) is 4.90 Å². The first-order valence-corrected chi connectivity index (χ1v) is 5.60. The molecule has 0 aromatic rings. The molecule has 1 aliphatic heterocycles. The fourth-order valence-corrected chi connectivity index (χ4v) is 1.98. The number of nitrogens with one attached hydrogen (secondary N) is 1. The topological polar surface area (TPSA) is 52.4 Å². The van der Waals surface area contributed by atoms with Crippen LogP contribution in [0.5, 0.6) is 0 Å². The number of quaternary nitrogens is 2. The molecule has 0 aromatic heterocycles. The van der Waals surface area contributed by atoms with Gasteiger partial charge in [0.15, 0.2) is 6.54 Å². The Labute approximate surface area is 86.0 Å². The number of amides is 1. The molecular weight excluding hydrogens is 178 g/mol. The highest BCUT2D eigenvalue weighted by atomic mass is 16.2. The van der Waals surface area contributed by atoms with Crippen LogP contribution in [0, 0.1) is 0 Å². The van der Waals surface area contributed by atoms with Crippen molar-refractivity contribution in [2.75, 3.05) is 32.7 Å². The molecule has 1 aliphatic rings. The molecular formula is C10H23N3O+2. The molecule has 1 atom stereocenters. The summed E-state index contributed by atoms with van der Waals surface area (Å²) >= 11 is 0. The highest BCUT2D eigenvalue weighted by molar-refractivity contribution is 5.76. The lowest BCUT2D eigenvalue weighted by molar-refractivity contribution is -0.927. The molecule has 0 aliphatic carbocycles. The van der Waals surface area contributed by atoms with E-state index in [2.05, 4.69) is 19.6 Å². The third-order valence-electron chi connectivity index (χ3n) is 3.28. The van der Waals surface area contributed by atoms with Gasteiger partial charge in [0.1, 0.15) is 0 Å². The van der Waals surface area contributed by atoms with Gasteiger partial charge in [0.25, 0.3) is 5.91 Å². The van der Waals surface area contributed by atoms with Gasteiger partial charge in [0.05, 0.1) is 32.2 Å². The number of hydrogen-bond donors (Lipinski definition) is 2. The lowest BCUT2D eigenvalue weighted by atomic mass is 10.2. The highest BCUT2D eigenvalue weighted by Crippen LogP contribution is 1.91. The minimum atomic E-state index is 0.202. The Morgan fingerprint density at radius 1 is 1.50 bits per heavy atom. The van der Waals surface area contributed by atoms with Gasteiger partial charge in [-0.3, -0.25) is 4.79 Å². The van der Waals surface area contributed by atoms with E-state index in [9.17, 15) is 4.79 Å². The third-order valence-corrected chi connectivity index (χ3v) is 3.28. The summed E-state index contributed by atoms with van der Waals surface area (Å²) in [5, 5.41) is 0. The molecule has 0 unspecified atom stereocenters. The van der Waals surface area contributed by atoms with Crippen molar-refractivity contribution in [1.82, 2.24) is 4.90 Å². The molecule has 1 heterocycles. The average molecular weight is 201 g/mol. The van der Waals surface area contributed by atoms with Crippen LogP contribution in [0.1, 0.15) is 20.3 Å². The molecule has 1 saturated heterocycles. The lowest BCUT2D eigenvalue weighted by Crippen LogP contribution is -3.17. The molecule has 14 heavy (non-hydrogen) atoms. The molecule has 4 heteroatoms. The summed E-state index contributed by atoms with van der Waals surface area (Å²) in [5.74, 6) is 0.202. The predicted octanol–water partition coefficient (Wildman–Crippen LogP) is -2.25. The lowest BCUT2D eigenvalue weighted by Gasteiger charge is -2.34. The number of carbonyl (C=O) groups excluding carboxylic acids is 1. The van der Waals surface area contributed by atoms with E-state index in [1.165, 1.54) is 6.42 Å². The van der Waals surface area contributed by atoms with Gasteiger partial charge in [-0.2, -0.15) is 0 Å². The summed E-state index contributed by atoms with van der Waals surface area (Å²) < 4.78 is 0. The maximum Gasteiger partial charge on any atom is 0.278 e. The molecule has 0 radical (unpaired) electrons. The van der Waals surface area contributed by atoms with Crippen LogP contribution < -0.4 is 10.6 Å². The van der Waals surface area contributed by atoms with Crippen LogP contribution in [0.25, 0.3) is 0 Å². The zero-order valence-electron chi connectivity index (χ0n) is 9.38. The SMILES string of the molecule is CC[C@H](C)[NH+]1CCN(C(=O)C[NH3+])CC1.